The molecule has 4 nitrogen and oxygen atoms in total. The van der Waals surface area contributed by atoms with Gasteiger partial charge >= 0.3 is 0 Å². The number of halogens is 1. The molecule has 0 aliphatic rings. The second kappa shape index (κ2) is 3.82. The predicted octanol–water partition coefficient (Wildman–Crippen LogP) is 2.00. The van der Waals surface area contributed by atoms with Crippen molar-refractivity contribution in [1.29, 1.82) is 0 Å². The number of nitrogens with one attached hydrogen (secondary N) is 1. The minimum Gasteiger partial charge on any atom is -0.287 e. The second-order valence-electron chi connectivity index (χ2n) is 3.14. The average Bonchev–Trinajstić information content (AvgIpc) is 2.74. The summed E-state index contributed by atoms with van der Waals surface area (Å²) in [5.74, 6) is -0.177. The van der Waals surface area contributed by atoms with Crippen molar-refractivity contribution >= 4 is 17.4 Å². The fraction of sp³-hybridized carbons (Fsp3) is 0.100. The van der Waals surface area contributed by atoms with Crippen molar-refractivity contribution < 1.29 is 4.79 Å². The lowest BCUT2D eigenvalue weighted by Gasteiger charge is -2.02. The molecule has 2 aromatic rings. The van der Waals surface area contributed by atoms with Gasteiger partial charge in [0.1, 0.15) is 0 Å². The maximum Gasteiger partial charge on any atom is 0.215 e. The molecule has 0 spiro atoms. The standard InChI is InChI=1S/C10H8ClN3O/c1-6-2-3-7(11)4-8(6)10(15)9-5-12-14-13-9/h2-5H,1H3,(H,12,13,14). The van der Waals surface area contributed by atoms with E-state index in [1.54, 1.807) is 18.2 Å². The van der Waals surface area contributed by atoms with Gasteiger partial charge in [0.15, 0.2) is 5.69 Å². The number of nitrogens with zero attached hydrogens (tertiary/aromatic N) is 2. The average molecular weight is 222 g/mol. The summed E-state index contributed by atoms with van der Waals surface area (Å²) in [5, 5.41) is 10.3. The van der Waals surface area contributed by atoms with Gasteiger partial charge in [0.2, 0.25) is 5.78 Å². The zero-order valence-corrected chi connectivity index (χ0v) is 8.75. The fourth-order valence-corrected chi connectivity index (χ4v) is 1.46. The Morgan fingerprint density at radius 2 is 2.27 bits per heavy atom. The molecule has 0 atom stereocenters. The largest absolute Gasteiger partial charge is 0.287 e. The highest BCUT2D eigenvalue weighted by Crippen LogP contribution is 2.17. The Morgan fingerprint density at radius 1 is 1.47 bits per heavy atom. The number of benzene rings is 1. The van der Waals surface area contributed by atoms with Crippen LogP contribution in [0.1, 0.15) is 21.6 Å². The maximum atomic E-state index is 11.9. The van der Waals surface area contributed by atoms with Crippen LogP contribution >= 0.6 is 11.6 Å². The lowest BCUT2D eigenvalue weighted by molar-refractivity contribution is 0.103. The second-order valence-corrected chi connectivity index (χ2v) is 3.58. The molecule has 0 saturated heterocycles. The first kappa shape index (κ1) is 9.86. The molecule has 0 aliphatic heterocycles. The van der Waals surface area contributed by atoms with Crippen LogP contribution < -0.4 is 0 Å². The van der Waals surface area contributed by atoms with E-state index in [2.05, 4.69) is 15.4 Å². The van der Waals surface area contributed by atoms with E-state index in [4.69, 9.17) is 11.6 Å². The van der Waals surface area contributed by atoms with E-state index >= 15 is 0 Å². The SMILES string of the molecule is Cc1ccc(Cl)cc1C(=O)c1cn[nH]n1. The van der Waals surface area contributed by atoms with Crippen molar-refractivity contribution in [2.24, 2.45) is 0 Å². The normalized spacial score (nSPS) is 10.3. The lowest BCUT2D eigenvalue weighted by atomic mass is 10.0. The molecule has 1 heterocycles. The third kappa shape index (κ3) is 1.89. The summed E-state index contributed by atoms with van der Waals surface area (Å²) in [6.07, 6.45) is 1.39. The zero-order valence-electron chi connectivity index (χ0n) is 7.99. The van der Waals surface area contributed by atoms with Crippen LogP contribution in [-0.2, 0) is 0 Å². The summed E-state index contributed by atoms with van der Waals surface area (Å²) in [5.41, 5.74) is 1.71. The number of aromatic amines is 1. The number of carbonyl (C=O) groups excluding carboxylic acids is 1. The van der Waals surface area contributed by atoms with Crippen LogP contribution in [0.15, 0.2) is 24.4 Å². The van der Waals surface area contributed by atoms with Crippen LogP contribution in [0.4, 0.5) is 0 Å². The number of carbonyl (C=O) groups is 1. The summed E-state index contributed by atoms with van der Waals surface area (Å²) < 4.78 is 0. The van der Waals surface area contributed by atoms with Crippen LogP contribution in [0.25, 0.3) is 0 Å². The van der Waals surface area contributed by atoms with E-state index in [0.29, 0.717) is 16.3 Å². The molecule has 1 aromatic carbocycles. The van der Waals surface area contributed by atoms with E-state index in [0.717, 1.165) is 5.56 Å². The van der Waals surface area contributed by atoms with Gasteiger partial charge in [-0.1, -0.05) is 17.7 Å². The molecule has 1 aromatic heterocycles. The van der Waals surface area contributed by atoms with Gasteiger partial charge in [-0.2, -0.15) is 15.4 Å². The van der Waals surface area contributed by atoms with Crippen LogP contribution in [0, 0.1) is 6.92 Å². The number of aryl methyl sites for hydroxylation is 1. The molecule has 5 heteroatoms. The Bertz CT molecular complexity index is 493. The van der Waals surface area contributed by atoms with Gasteiger partial charge < -0.3 is 0 Å². The summed E-state index contributed by atoms with van der Waals surface area (Å²) in [6.45, 7) is 1.85. The Balaban J connectivity index is 2.46. The number of aromatic nitrogens is 3. The van der Waals surface area contributed by atoms with Gasteiger partial charge in [0.05, 0.1) is 6.20 Å². The Kier molecular flexibility index (Phi) is 2.51. The Hall–Kier alpha value is -1.68. The highest BCUT2D eigenvalue weighted by Gasteiger charge is 2.14. The van der Waals surface area contributed by atoms with Gasteiger partial charge in [0.25, 0.3) is 0 Å². The van der Waals surface area contributed by atoms with Gasteiger partial charge in [-0.15, -0.1) is 0 Å². The number of rotatable bonds is 2. The highest BCUT2D eigenvalue weighted by molar-refractivity contribution is 6.31. The molecule has 1 N–H and O–H groups in total. The van der Waals surface area contributed by atoms with Crippen LogP contribution in [0.5, 0.6) is 0 Å². The van der Waals surface area contributed by atoms with Crippen molar-refractivity contribution in [3.05, 3.63) is 46.2 Å². The third-order valence-corrected chi connectivity index (χ3v) is 2.33. The molecule has 2 rings (SSSR count). The minimum absolute atomic E-state index is 0.177. The molecule has 0 aliphatic carbocycles. The monoisotopic (exact) mass is 221 g/mol. The molecule has 0 bridgehead atoms. The van der Waals surface area contributed by atoms with Crippen LogP contribution in [0.3, 0.4) is 0 Å². The van der Waals surface area contributed by atoms with Crippen LogP contribution in [0.2, 0.25) is 5.02 Å². The Labute approximate surface area is 91.3 Å². The molecule has 0 amide bonds. The maximum absolute atomic E-state index is 11.9. The Morgan fingerprint density at radius 3 is 2.93 bits per heavy atom. The van der Waals surface area contributed by atoms with E-state index in [1.165, 1.54) is 6.20 Å². The molecule has 0 radical (unpaired) electrons. The van der Waals surface area contributed by atoms with E-state index in [9.17, 15) is 4.79 Å². The summed E-state index contributed by atoms with van der Waals surface area (Å²) >= 11 is 5.83. The van der Waals surface area contributed by atoms with Crippen molar-refractivity contribution in [3.8, 4) is 0 Å². The number of hydrogen-bond donors (Lipinski definition) is 1. The van der Waals surface area contributed by atoms with E-state index in [-0.39, 0.29) is 5.78 Å². The third-order valence-electron chi connectivity index (χ3n) is 2.09. The molecular weight excluding hydrogens is 214 g/mol. The molecule has 0 saturated carbocycles. The summed E-state index contributed by atoms with van der Waals surface area (Å²) in [7, 11) is 0. The number of ketones is 1. The predicted molar refractivity (Wildman–Crippen MR) is 56.0 cm³/mol. The van der Waals surface area contributed by atoms with Gasteiger partial charge in [-0.3, -0.25) is 4.79 Å². The van der Waals surface area contributed by atoms with E-state index < -0.39 is 0 Å². The molecule has 76 valence electrons. The summed E-state index contributed by atoms with van der Waals surface area (Å²) in [4.78, 5) is 11.9. The van der Waals surface area contributed by atoms with Gasteiger partial charge in [-0.05, 0) is 24.6 Å². The number of hydrogen-bond acceptors (Lipinski definition) is 3. The minimum atomic E-state index is -0.177. The van der Waals surface area contributed by atoms with Gasteiger partial charge in [-0.25, -0.2) is 0 Å². The lowest BCUT2D eigenvalue weighted by Crippen LogP contribution is -2.04. The topological polar surface area (TPSA) is 58.6 Å². The first-order valence-corrected chi connectivity index (χ1v) is 4.73. The highest BCUT2D eigenvalue weighted by atomic mass is 35.5. The molecule has 0 unspecified atom stereocenters. The van der Waals surface area contributed by atoms with Crippen molar-refractivity contribution in [2.45, 2.75) is 6.92 Å². The molecular formula is C10H8ClN3O. The van der Waals surface area contributed by atoms with Crippen molar-refractivity contribution in [3.63, 3.8) is 0 Å². The fourth-order valence-electron chi connectivity index (χ4n) is 1.29. The van der Waals surface area contributed by atoms with Gasteiger partial charge in [0, 0.05) is 10.6 Å². The van der Waals surface area contributed by atoms with E-state index in [1.807, 2.05) is 6.92 Å². The van der Waals surface area contributed by atoms with Crippen LogP contribution in [-0.4, -0.2) is 21.2 Å². The first-order chi connectivity index (χ1) is 7.18. The van der Waals surface area contributed by atoms with Crippen molar-refractivity contribution in [1.82, 2.24) is 15.4 Å². The quantitative estimate of drug-likeness (QED) is 0.789. The first-order valence-electron chi connectivity index (χ1n) is 4.35. The summed E-state index contributed by atoms with van der Waals surface area (Å²) in [6, 6.07) is 5.18. The number of H-pyrrole nitrogens is 1. The smallest absolute Gasteiger partial charge is 0.215 e. The molecule has 15 heavy (non-hydrogen) atoms. The molecule has 0 fully saturated rings. The van der Waals surface area contributed by atoms with Crippen molar-refractivity contribution in [2.75, 3.05) is 0 Å². The zero-order chi connectivity index (χ0) is 10.8.